The highest BCUT2D eigenvalue weighted by Gasteiger charge is 2.00. The highest BCUT2D eigenvalue weighted by molar-refractivity contribution is 6.30. The molecule has 0 saturated heterocycles. The smallest absolute Gasteiger partial charge is 0.187 e. The molecular formula is C16H14ClNO. The van der Waals surface area contributed by atoms with Crippen LogP contribution in [-0.2, 0) is 6.54 Å². The SMILES string of the molecule is O=C(/C=C/NCc1ccccc1)c1ccc(Cl)cc1. The summed E-state index contributed by atoms with van der Waals surface area (Å²) in [5.41, 5.74) is 1.80. The molecule has 0 aliphatic rings. The van der Waals surface area contributed by atoms with Gasteiger partial charge in [-0.25, -0.2) is 0 Å². The number of carbonyl (C=O) groups excluding carboxylic acids is 1. The zero-order valence-electron chi connectivity index (χ0n) is 10.3. The van der Waals surface area contributed by atoms with Crippen LogP contribution in [0.25, 0.3) is 0 Å². The molecule has 0 aliphatic carbocycles. The lowest BCUT2D eigenvalue weighted by Gasteiger charge is -2.00. The Morgan fingerprint density at radius 3 is 2.42 bits per heavy atom. The van der Waals surface area contributed by atoms with Gasteiger partial charge in [0.15, 0.2) is 5.78 Å². The molecular weight excluding hydrogens is 258 g/mol. The molecule has 0 bridgehead atoms. The van der Waals surface area contributed by atoms with Crippen molar-refractivity contribution in [1.29, 1.82) is 0 Å². The highest BCUT2D eigenvalue weighted by Crippen LogP contribution is 2.10. The van der Waals surface area contributed by atoms with Crippen LogP contribution in [0.5, 0.6) is 0 Å². The van der Waals surface area contributed by atoms with Crippen molar-refractivity contribution in [3.05, 3.63) is 83.0 Å². The first kappa shape index (κ1) is 13.4. The molecule has 2 aromatic rings. The summed E-state index contributed by atoms with van der Waals surface area (Å²) < 4.78 is 0. The van der Waals surface area contributed by atoms with Crippen LogP contribution < -0.4 is 5.32 Å². The van der Waals surface area contributed by atoms with E-state index < -0.39 is 0 Å². The maximum atomic E-state index is 11.8. The van der Waals surface area contributed by atoms with Crippen LogP contribution in [-0.4, -0.2) is 5.78 Å². The molecule has 0 amide bonds. The Hall–Kier alpha value is -2.06. The van der Waals surface area contributed by atoms with Crippen molar-refractivity contribution < 1.29 is 4.79 Å². The van der Waals surface area contributed by atoms with Crippen LogP contribution in [0.4, 0.5) is 0 Å². The first-order chi connectivity index (χ1) is 9.25. The first-order valence-corrected chi connectivity index (χ1v) is 6.37. The fraction of sp³-hybridized carbons (Fsp3) is 0.0625. The molecule has 3 heteroatoms. The Morgan fingerprint density at radius 2 is 1.74 bits per heavy atom. The van der Waals surface area contributed by atoms with Gasteiger partial charge in [0.25, 0.3) is 0 Å². The molecule has 96 valence electrons. The predicted molar refractivity (Wildman–Crippen MR) is 78.2 cm³/mol. The van der Waals surface area contributed by atoms with Crippen molar-refractivity contribution >= 4 is 17.4 Å². The van der Waals surface area contributed by atoms with E-state index >= 15 is 0 Å². The second-order valence-electron chi connectivity index (χ2n) is 4.07. The molecule has 1 N–H and O–H groups in total. The summed E-state index contributed by atoms with van der Waals surface area (Å²) in [6.07, 6.45) is 3.19. The lowest BCUT2D eigenvalue weighted by molar-refractivity contribution is 0.104. The zero-order valence-corrected chi connectivity index (χ0v) is 11.1. The first-order valence-electron chi connectivity index (χ1n) is 5.99. The fourth-order valence-electron chi connectivity index (χ4n) is 1.62. The average molecular weight is 272 g/mol. The Kier molecular flexibility index (Phi) is 4.76. The third-order valence-electron chi connectivity index (χ3n) is 2.63. The van der Waals surface area contributed by atoms with Crippen LogP contribution in [0.3, 0.4) is 0 Å². The monoisotopic (exact) mass is 271 g/mol. The van der Waals surface area contributed by atoms with Crippen LogP contribution >= 0.6 is 11.6 Å². The largest absolute Gasteiger partial charge is 0.387 e. The van der Waals surface area contributed by atoms with Crippen molar-refractivity contribution in [2.24, 2.45) is 0 Å². The van der Waals surface area contributed by atoms with Gasteiger partial charge < -0.3 is 5.32 Å². The molecule has 0 radical (unpaired) electrons. The Bertz CT molecular complexity index is 561. The predicted octanol–water partition coefficient (Wildman–Crippen LogP) is 3.83. The summed E-state index contributed by atoms with van der Waals surface area (Å²) in [5.74, 6) is -0.0442. The highest BCUT2D eigenvalue weighted by atomic mass is 35.5. The minimum Gasteiger partial charge on any atom is -0.387 e. The van der Waals surface area contributed by atoms with Crippen molar-refractivity contribution in [1.82, 2.24) is 5.32 Å². The average Bonchev–Trinajstić information content (AvgIpc) is 2.45. The number of carbonyl (C=O) groups is 1. The second-order valence-corrected chi connectivity index (χ2v) is 4.51. The summed E-state index contributed by atoms with van der Waals surface area (Å²) in [6.45, 7) is 0.700. The van der Waals surface area contributed by atoms with E-state index in [9.17, 15) is 4.79 Å². The van der Waals surface area contributed by atoms with Crippen molar-refractivity contribution in [3.8, 4) is 0 Å². The van der Waals surface area contributed by atoms with E-state index in [1.807, 2.05) is 30.3 Å². The minimum atomic E-state index is -0.0442. The fourth-order valence-corrected chi connectivity index (χ4v) is 1.74. The van der Waals surface area contributed by atoms with E-state index in [1.165, 1.54) is 11.6 Å². The van der Waals surface area contributed by atoms with E-state index in [2.05, 4.69) is 5.32 Å². The maximum absolute atomic E-state index is 11.8. The molecule has 0 spiro atoms. The zero-order chi connectivity index (χ0) is 13.5. The third kappa shape index (κ3) is 4.27. The van der Waals surface area contributed by atoms with Gasteiger partial charge in [-0.3, -0.25) is 4.79 Å². The molecule has 0 atom stereocenters. The minimum absolute atomic E-state index is 0.0442. The number of nitrogens with one attached hydrogen (secondary N) is 1. The van der Waals surface area contributed by atoms with E-state index in [1.54, 1.807) is 30.5 Å². The van der Waals surface area contributed by atoms with Crippen LogP contribution in [0, 0.1) is 0 Å². The molecule has 0 heterocycles. The number of hydrogen-bond donors (Lipinski definition) is 1. The number of ketones is 1. The third-order valence-corrected chi connectivity index (χ3v) is 2.88. The van der Waals surface area contributed by atoms with Crippen molar-refractivity contribution in [2.45, 2.75) is 6.54 Å². The maximum Gasteiger partial charge on any atom is 0.187 e. The van der Waals surface area contributed by atoms with Gasteiger partial charge in [-0.05, 0) is 29.8 Å². The molecule has 2 nitrogen and oxygen atoms in total. The number of benzene rings is 2. The summed E-state index contributed by atoms with van der Waals surface area (Å²) in [6, 6.07) is 16.9. The molecule has 2 rings (SSSR count). The van der Waals surface area contributed by atoms with Gasteiger partial charge in [-0.15, -0.1) is 0 Å². The number of halogens is 1. The number of allylic oxidation sites excluding steroid dienone is 1. The van der Waals surface area contributed by atoms with Crippen LogP contribution in [0.2, 0.25) is 5.02 Å². The summed E-state index contributed by atoms with van der Waals surface area (Å²) in [4.78, 5) is 11.8. The molecule has 0 aliphatic heterocycles. The van der Waals surface area contributed by atoms with Gasteiger partial charge in [0.1, 0.15) is 0 Å². The van der Waals surface area contributed by atoms with E-state index in [4.69, 9.17) is 11.6 Å². The normalized spacial score (nSPS) is 10.6. The molecule has 0 saturated carbocycles. The molecule has 19 heavy (non-hydrogen) atoms. The lowest BCUT2D eigenvalue weighted by Crippen LogP contribution is -2.05. The van der Waals surface area contributed by atoms with Crippen molar-refractivity contribution in [3.63, 3.8) is 0 Å². The molecule has 0 aromatic heterocycles. The molecule has 0 unspecified atom stereocenters. The van der Waals surface area contributed by atoms with Crippen LogP contribution in [0.1, 0.15) is 15.9 Å². The summed E-state index contributed by atoms with van der Waals surface area (Å²) in [5, 5.41) is 3.71. The quantitative estimate of drug-likeness (QED) is 0.661. The Labute approximate surface area is 117 Å². The van der Waals surface area contributed by atoms with Gasteiger partial charge in [-0.2, -0.15) is 0 Å². The van der Waals surface area contributed by atoms with E-state index in [-0.39, 0.29) is 5.78 Å². The molecule has 0 fully saturated rings. The van der Waals surface area contributed by atoms with Gasteiger partial charge in [-0.1, -0.05) is 41.9 Å². The topological polar surface area (TPSA) is 29.1 Å². The standard InChI is InChI=1S/C16H14ClNO/c17-15-8-6-14(7-9-15)16(19)10-11-18-12-13-4-2-1-3-5-13/h1-11,18H,12H2/b11-10+. The van der Waals surface area contributed by atoms with Crippen molar-refractivity contribution in [2.75, 3.05) is 0 Å². The summed E-state index contributed by atoms with van der Waals surface area (Å²) >= 11 is 5.77. The van der Waals surface area contributed by atoms with E-state index in [0.29, 0.717) is 17.1 Å². The summed E-state index contributed by atoms with van der Waals surface area (Å²) in [7, 11) is 0. The van der Waals surface area contributed by atoms with Gasteiger partial charge in [0.2, 0.25) is 0 Å². The van der Waals surface area contributed by atoms with Gasteiger partial charge in [0.05, 0.1) is 0 Å². The Balaban J connectivity index is 1.85. The van der Waals surface area contributed by atoms with Gasteiger partial charge in [0, 0.05) is 29.4 Å². The van der Waals surface area contributed by atoms with Gasteiger partial charge >= 0.3 is 0 Å². The number of hydrogen-bond acceptors (Lipinski definition) is 2. The lowest BCUT2D eigenvalue weighted by atomic mass is 10.1. The Morgan fingerprint density at radius 1 is 1.05 bits per heavy atom. The number of rotatable bonds is 5. The second kappa shape index (κ2) is 6.76. The van der Waals surface area contributed by atoms with Crippen LogP contribution in [0.15, 0.2) is 66.9 Å². The molecule has 2 aromatic carbocycles. The van der Waals surface area contributed by atoms with E-state index in [0.717, 1.165) is 0 Å².